The summed E-state index contributed by atoms with van der Waals surface area (Å²) < 4.78 is 31.4. The number of aromatic nitrogens is 1. The van der Waals surface area contributed by atoms with Crippen LogP contribution in [0.15, 0.2) is 47.4 Å². The van der Waals surface area contributed by atoms with E-state index < -0.39 is 22.0 Å². The van der Waals surface area contributed by atoms with Crippen molar-refractivity contribution in [2.45, 2.75) is 63.3 Å². The van der Waals surface area contributed by atoms with E-state index in [4.69, 9.17) is 5.11 Å². The number of carbonyl (C=O) groups excluding carboxylic acids is 1. The quantitative estimate of drug-likeness (QED) is 0.342. The van der Waals surface area contributed by atoms with Crippen LogP contribution in [0.1, 0.15) is 50.1 Å². The first kappa shape index (κ1) is 28.5. The Kier molecular flexibility index (Phi) is 8.17. The molecule has 3 aromatic rings. The Morgan fingerprint density at radius 3 is 2.65 bits per heavy atom. The number of nitrogens with zero attached hydrogens (tertiary/aromatic N) is 2. The van der Waals surface area contributed by atoms with Gasteiger partial charge in [0.15, 0.2) is 0 Å². The number of fused-ring (bicyclic) bond motifs is 2. The molecule has 1 amide bonds. The summed E-state index contributed by atoms with van der Waals surface area (Å²) in [4.78, 5) is 31.3. The first-order valence-electron chi connectivity index (χ1n) is 13.7. The molecule has 1 atom stereocenters. The minimum absolute atomic E-state index is 0.00471. The molecule has 0 unspecified atom stereocenters. The molecule has 0 aliphatic carbocycles. The fraction of sp³-hybridized carbons (Fsp3) is 0.483. The van der Waals surface area contributed by atoms with Crippen LogP contribution in [-0.2, 0) is 32.5 Å². The molecule has 40 heavy (non-hydrogen) atoms. The number of anilines is 1. The number of piperidine rings is 1. The van der Waals surface area contributed by atoms with E-state index in [0.29, 0.717) is 49.6 Å². The Morgan fingerprint density at radius 2 is 1.93 bits per heavy atom. The molecule has 1 saturated heterocycles. The molecule has 1 aromatic heterocycles. The molecule has 1 fully saturated rings. The van der Waals surface area contributed by atoms with Crippen molar-refractivity contribution in [3.63, 3.8) is 0 Å². The molecule has 9 nitrogen and oxygen atoms in total. The van der Waals surface area contributed by atoms with Crippen LogP contribution in [-0.4, -0.2) is 61.0 Å². The molecule has 2 aliphatic heterocycles. The summed E-state index contributed by atoms with van der Waals surface area (Å²) in [6.07, 6.45) is 3.00. The largest absolute Gasteiger partial charge is 0.481 e. The van der Waals surface area contributed by atoms with Crippen LogP contribution >= 0.6 is 11.3 Å². The van der Waals surface area contributed by atoms with E-state index in [1.807, 2.05) is 30.3 Å². The van der Waals surface area contributed by atoms with Gasteiger partial charge < -0.3 is 15.3 Å². The van der Waals surface area contributed by atoms with E-state index >= 15 is 0 Å². The zero-order valence-corrected chi connectivity index (χ0v) is 24.5. The summed E-state index contributed by atoms with van der Waals surface area (Å²) >= 11 is 1.46. The lowest BCUT2D eigenvalue weighted by atomic mass is 9.82. The average Bonchev–Trinajstić information content (AvgIpc) is 3.32. The lowest BCUT2D eigenvalue weighted by Crippen LogP contribution is -2.51. The number of amides is 1. The highest BCUT2D eigenvalue weighted by molar-refractivity contribution is 7.89. The summed E-state index contributed by atoms with van der Waals surface area (Å²) in [6, 6.07) is 12.0. The number of carboxylic acid groups (broad SMARTS) is 1. The first-order chi connectivity index (χ1) is 19.0. The molecular formula is C29H36N4O5S2. The van der Waals surface area contributed by atoms with Crippen LogP contribution in [0.2, 0.25) is 0 Å². The second kappa shape index (κ2) is 11.5. The summed E-state index contributed by atoms with van der Waals surface area (Å²) in [7, 11) is -4.05. The summed E-state index contributed by atoms with van der Waals surface area (Å²) in [5.41, 5.74) is 2.36. The topological polar surface area (TPSA) is 129 Å². The van der Waals surface area contributed by atoms with Gasteiger partial charge in [0, 0.05) is 32.5 Å². The van der Waals surface area contributed by atoms with Crippen molar-refractivity contribution < 1.29 is 23.1 Å². The van der Waals surface area contributed by atoms with Crippen LogP contribution in [0.5, 0.6) is 0 Å². The fourth-order valence-electron chi connectivity index (χ4n) is 5.66. The molecule has 214 valence electrons. The Labute approximate surface area is 239 Å². The highest BCUT2D eigenvalue weighted by Gasteiger charge is 2.35. The van der Waals surface area contributed by atoms with Crippen LogP contribution in [0.25, 0.3) is 10.2 Å². The van der Waals surface area contributed by atoms with E-state index in [2.05, 4.69) is 28.9 Å². The standard InChI is InChI=1S/C29H36N4O5S2/c1-29(2)17-20-6-5-9-24(27(20)30-18-29)40(37,38)32-22(16-25-31-21-7-3-4-8-23(21)39-25)28(36)33-14-12-19(13-15-33)10-11-26(34)35/h3-9,19,22,30,32H,10-18H2,1-2H3,(H,34,35)/t22-/m0/s1. The van der Waals surface area contributed by atoms with Crippen molar-refractivity contribution in [3.05, 3.63) is 53.0 Å². The van der Waals surface area contributed by atoms with E-state index in [9.17, 15) is 18.0 Å². The molecule has 0 saturated carbocycles. The second-order valence-electron chi connectivity index (χ2n) is 11.6. The van der Waals surface area contributed by atoms with Gasteiger partial charge >= 0.3 is 5.97 Å². The van der Waals surface area contributed by atoms with Crippen molar-refractivity contribution in [2.24, 2.45) is 11.3 Å². The van der Waals surface area contributed by atoms with E-state index in [1.165, 1.54) is 11.3 Å². The predicted molar refractivity (Wildman–Crippen MR) is 156 cm³/mol. The van der Waals surface area contributed by atoms with Crippen molar-refractivity contribution >= 4 is 49.1 Å². The van der Waals surface area contributed by atoms with Crippen LogP contribution in [0.4, 0.5) is 5.69 Å². The minimum atomic E-state index is -4.05. The normalized spacial score (nSPS) is 18.2. The molecule has 0 bridgehead atoms. The number of sulfonamides is 1. The number of carboxylic acids is 1. The van der Waals surface area contributed by atoms with Gasteiger partial charge in [-0.3, -0.25) is 9.59 Å². The Morgan fingerprint density at radius 1 is 1.18 bits per heavy atom. The Hall–Kier alpha value is -3.02. The number of hydrogen-bond donors (Lipinski definition) is 3. The SMILES string of the molecule is CC1(C)CNc2c(cccc2S(=O)(=O)N[C@@H](Cc2nc3ccccc3s2)C(=O)N2CCC(CCC(=O)O)CC2)C1. The maximum Gasteiger partial charge on any atom is 0.303 e. The summed E-state index contributed by atoms with van der Waals surface area (Å²) in [6.45, 7) is 5.87. The summed E-state index contributed by atoms with van der Waals surface area (Å²) in [5.74, 6) is -0.853. The molecule has 5 rings (SSSR count). The van der Waals surface area contributed by atoms with Gasteiger partial charge in [-0.1, -0.05) is 38.1 Å². The van der Waals surface area contributed by atoms with Gasteiger partial charge in [-0.25, -0.2) is 13.4 Å². The zero-order valence-electron chi connectivity index (χ0n) is 22.9. The van der Waals surface area contributed by atoms with Crippen LogP contribution in [0, 0.1) is 11.3 Å². The third-order valence-electron chi connectivity index (χ3n) is 7.82. The number of aliphatic carboxylic acids is 1. The van der Waals surface area contributed by atoms with Crippen molar-refractivity contribution in [1.29, 1.82) is 0 Å². The molecule has 0 radical (unpaired) electrons. The molecule has 3 N–H and O–H groups in total. The maximum atomic E-state index is 13.8. The first-order valence-corrected chi connectivity index (χ1v) is 16.0. The molecule has 2 aromatic carbocycles. The average molecular weight is 585 g/mol. The summed E-state index contributed by atoms with van der Waals surface area (Å²) in [5, 5.41) is 13.0. The number of nitrogens with one attached hydrogen (secondary N) is 2. The van der Waals surface area contributed by atoms with Crippen molar-refractivity contribution in [1.82, 2.24) is 14.6 Å². The van der Waals surface area contributed by atoms with Gasteiger partial charge in [0.25, 0.3) is 0 Å². The Bertz CT molecular complexity index is 1480. The molecule has 2 aliphatic rings. The third-order valence-corrected chi connectivity index (χ3v) is 10.4. The van der Waals surface area contributed by atoms with Crippen molar-refractivity contribution in [2.75, 3.05) is 25.0 Å². The Balaban J connectivity index is 1.39. The zero-order chi connectivity index (χ0) is 28.5. The van der Waals surface area contributed by atoms with Crippen molar-refractivity contribution in [3.8, 4) is 0 Å². The number of rotatable bonds is 9. The maximum absolute atomic E-state index is 13.8. The van der Waals surface area contributed by atoms with Crippen LogP contribution in [0.3, 0.4) is 0 Å². The van der Waals surface area contributed by atoms with Gasteiger partial charge in [-0.2, -0.15) is 4.72 Å². The smallest absolute Gasteiger partial charge is 0.303 e. The van der Waals surface area contributed by atoms with Gasteiger partial charge in [-0.15, -0.1) is 11.3 Å². The minimum Gasteiger partial charge on any atom is -0.481 e. The molecule has 11 heteroatoms. The van der Waals surface area contributed by atoms with E-state index in [1.54, 1.807) is 17.0 Å². The van der Waals surface area contributed by atoms with Crippen LogP contribution < -0.4 is 10.0 Å². The molecule has 3 heterocycles. The highest BCUT2D eigenvalue weighted by Crippen LogP contribution is 2.36. The van der Waals surface area contributed by atoms with Gasteiger partial charge in [0.2, 0.25) is 15.9 Å². The molecular weight excluding hydrogens is 548 g/mol. The van der Waals surface area contributed by atoms with Gasteiger partial charge in [0.1, 0.15) is 10.9 Å². The second-order valence-corrected chi connectivity index (χ2v) is 14.4. The lowest BCUT2D eigenvalue weighted by Gasteiger charge is -2.35. The highest BCUT2D eigenvalue weighted by atomic mass is 32.2. The number of likely N-dealkylation sites (tertiary alicyclic amines) is 1. The van der Waals surface area contributed by atoms with E-state index in [0.717, 1.165) is 22.2 Å². The lowest BCUT2D eigenvalue weighted by molar-refractivity contribution is -0.138. The number of thiazole rings is 1. The number of para-hydroxylation sites is 2. The monoisotopic (exact) mass is 584 g/mol. The van der Waals surface area contributed by atoms with Gasteiger partial charge in [-0.05, 0) is 60.8 Å². The molecule has 0 spiro atoms. The number of hydrogen-bond acceptors (Lipinski definition) is 7. The van der Waals surface area contributed by atoms with E-state index in [-0.39, 0.29) is 35.0 Å². The predicted octanol–water partition coefficient (Wildman–Crippen LogP) is 4.28. The number of carbonyl (C=O) groups is 2. The third kappa shape index (κ3) is 6.47. The van der Waals surface area contributed by atoms with Gasteiger partial charge in [0.05, 0.1) is 20.9 Å². The number of benzene rings is 2. The fourth-order valence-corrected chi connectivity index (χ4v) is 8.08.